The van der Waals surface area contributed by atoms with Crippen molar-refractivity contribution in [2.75, 3.05) is 5.75 Å². The Hall–Kier alpha value is 0.0900. The normalized spacial score (nSPS) is 15.1. The molecule has 0 saturated heterocycles. The molecule has 1 atom stereocenters. The van der Waals surface area contributed by atoms with Gasteiger partial charge in [-0.05, 0) is 12.5 Å². The van der Waals surface area contributed by atoms with Gasteiger partial charge in [-0.15, -0.1) is 0 Å². The molecular weight excluding hydrogens is 227 g/mol. The Bertz CT molecular complexity index is 399. The minimum atomic E-state index is -4.18. The van der Waals surface area contributed by atoms with E-state index in [2.05, 4.69) is 0 Å². The molecule has 15 heavy (non-hydrogen) atoms. The van der Waals surface area contributed by atoms with Crippen molar-refractivity contribution < 1.29 is 18.1 Å². The molecule has 0 bridgehead atoms. The quantitative estimate of drug-likeness (QED) is 0.582. The predicted molar refractivity (Wildman–Crippen MR) is 59.6 cm³/mol. The molecule has 2 N–H and O–H groups in total. The molecule has 0 spiro atoms. The predicted octanol–water partition coefficient (Wildman–Crippen LogP) is 0.133. The first kappa shape index (κ1) is 15.1. The van der Waals surface area contributed by atoms with Crippen molar-refractivity contribution in [1.82, 2.24) is 0 Å². The van der Waals surface area contributed by atoms with Crippen molar-refractivity contribution in [3.8, 4) is 0 Å². The zero-order chi connectivity index (χ0) is 10.8. The van der Waals surface area contributed by atoms with Crippen LogP contribution < -0.4 is 0 Å². The molecule has 0 aromatic heterocycles. The first-order valence-electron chi connectivity index (χ1n) is 4.04. The van der Waals surface area contributed by atoms with Crippen LogP contribution in [0.15, 0.2) is 30.3 Å². The number of hydrogen-bond donors (Lipinski definition) is 2. The van der Waals surface area contributed by atoms with Crippen LogP contribution in [0.2, 0.25) is 0 Å². The van der Waals surface area contributed by atoms with Gasteiger partial charge in [0, 0.05) is 0 Å². The molecule has 4 nitrogen and oxygen atoms in total. The third-order valence-electron chi connectivity index (χ3n) is 1.86. The molecule has 6 heteroatoms. The van der Waals surface area contributed by atoms with Crippen LogP contribution in [-0.4, -0.2) is 53.4 Å². The summed E-state index contributed by atoms with van der Waals surface area (Å²) in [6.07, 6.45) is 0. The molecule has 0 fully saturated rings. The van der Waals surface area contributed by atoms with Gasteiger partial charge in [-0.25, -0.2) is 0 Å². The van der Waals surface area contributed by atoms with Crippen LogP contribution >= 0.6 is 0 Å². The molecule has 1 aromatic carbocycles. The second-order valence-corrected chi connectivity index (χ2v) is 4.82. The first-order valence-corrected chi connectivity index (χ1v) is 5.65. The Morgan fingerprint density at radius 3 is 2.13 bits per heavy atom. The van der Waals surface area contributed by atoms with E-state index >= 15 is 0 Å². The Kier molecular flexibility index (Phi) is 5.46. The Morgan fingerprint density at radius 1 is 1.27 bits per heavy atom. The van der Waals surface area contributed by atoms with Crippen LogP contribution in [-0.2, 0) is 15.7 Å². The molecule has 0 radical (unpaired) electrons. The fourth-order valence-corrected chi connectivity index (χ4v) is 2.11. The van der Waals surface area contributed by atoms with E-state index in [1.165, 1.54) is 6.92 Å². The van der Waals surface area contributed by atoms with Gasteiger partial charge in [0.1, 0.15) is 11.4 Å². The van der Waals surface area contributed by atoms with Crippen molar-refractivity contribution >= 4 is 39.7 Å². The maximum atomic E-state index is 10.6. The monoisotopic (exact) mass is 240 g/mol. The van der Waals surface area contributed by atoms with Gasteiger partial charge in [-0.2, -0.15) is 8.42 Å². The Labute approximate surface area is 111 Å². The van der Waals surface area contributed by atoms with Crippen molar-refractivity contribution in [2.45, 2.75) is 12.5 Å². The molecule has 0 aliphatic heterocycles. The molecule has 0 heterocycles. The van der Waals surface area contributed by atoms with E-state index in [1.807, 2.05) is 0 Å². The zero-order valence-electron chi connectivity index (χ0n) is 7.71. The van der Waals surface area contributed by atoms with E-state index in [0.29, 0.717) is 5.56 Å². The van der Waals surface area contributed by atoms with Crippen LogP contribution in [0, 0.1) is 0 Å². The van der Waals surface area contributed by atoms with Gasteiger partial charge in [0.15, 0.2) is 0 Å². The number of benzene rings is 1. The van der Waals surface area contributed by atoms with Gasteiger partial charge in [0.05, 0.1) is 0 Å². The van der Waals surface area contributed by atoms with Gasteiger partial charge >= 0.3 is 29.6 Å². The molecule has 0 saturated carbocycles. The average Bonchev–Trinajstić information content (AvgIpc) is 2.01. The first-order chi connectivity index (χ1) is 6.31. The van der Waals surface area contributed by atoms with Gasteiger partial charge in [-0.1, -0.05) is 30.3 Å². The van der Waals surface area contributed by atoms with Gasteiger partial charge in [0.25, 0.3) is 10.1 Å². The second kappa shape index (κ2) is 5.43. The fourth-order valence-electron chi connectivity index (χ4n) is 1.24. The molecule has 80 valence electrons. The van der Waals surface area contributed by atoms with Crippen molar-refractivity contribution in [3.63, 3.8) is 0 Å². The van der Waals surface area contributed by atoms with Crippen LogP contribution in [0.3, 0.4) is 0 Å². The summed E-state index contributed by atoms with van der Waals surface area (Å²) in [5, 5.41) is 9.78. The van der Waals surface area contributed by atoms with Crippen molar-refractivity contribution in [3.05, 3.63) is 35.9 Å². The van der Waals surface area contributed by atoms with Crippen LogP contribution in [0.4, 0.5) is 0 Å². The molecule has 1 unspecified atom stereocenters. The Balaban J connectivity index is 0.00000196. The third-order valence-corrected chi connectivity index (χ3v) is 2.79. The van der Waals surface area contributed by atoms with E-state index in [1.54, 1.807) is 30.3 Å². The maximum absolute atomic E-state index is 10.6. The summed E-state index contributed by atoms with van der Waals surface area (Å²) in [5.74, 6) is -0.704. The van der Waals surface area contributed by atoms with Gasteiger partial charge < -0.3 is 5.11 Å². The van der Waals surface area contributed by atoms with E-state index < -0.39 is 21.5 Å². The summed E-state index contributed by atoms with van der Waals surface area (Å²) in [6.45, 7) is 1.34. The molecule has 0 aliphatic carbocycles. The summed E-state index contributed by atoms with van der Waals surface area (Å²) in [4.78, 5) is 0. The van der Waals surface area contributed by atoms with E-state index in [9.17, 15) is 13.5 Å². The van der Waals surface area contributed by atoms with Gasteiger partial charge in [0.2, 0.25) is 0 Å². The SMILES string of the molecule is CC(O)(CS(=O)(=O)O)c1ccccc1.[NaH]. The van der Waals surface area contributed by atoms with Gasteiger partial charge in [-0.3, -0.25) is 4.55 Å². The zero-order valence-corrected chi connectivity index (χ0v) is 8.53. The Morgan fingerprint density at radius 2 is 1.73 bits per heavy atom. The van der Waals surface area contributed by atoms with E-state index in [-0.39, 0.29) is 29.6 Å². The molecule has 1 rings (SSSR count). The number of aliphatic hydroxyl groups is 1. The number of rotatable bonds is 3. The summed E-state index contributed by atoms with van der Waals surface area (Å²) in [6, 6.07) is 8.34. The standard InChI is InChI=1S/C9H12O4S.Na.H/c1-9(10,7-14(11,12)13)8-5-3-2-4-6-8;;/h2-6,10H,7H2,1H3,(H,11,12,13);;. The van der Waals surface area contributed by atoms with Crippen LogP contribution in [0.25, 0.3) is 0 Å². The van der Waals surface area contributed by atoms with Crippen LogP contribution in [0.5, 0.6) is 0 Å². The summed E-state index contributed by atoms with van der Waals surface area (Å²) >= 11 is 0. The minimum absolute atomic E-state index is 0. The average molecular weight is 240 g/mol. The van der Waals surface area contributed by atoms with E-state index in [0.717, 1.165) is 0 Å². The molecule has 1 aromatic rings. The number of hydrogen-bond acceptors (Lipinski definition) is 3. The van der Waals surface area contributed by atoms with Crippen molar-refractivity contribution in [2.24, 2.45) is 0 Å². The molecule has 0 amide bonds. The fraction of sp³-hybridized carbons (Fsp3) is 0.333. The van der Waals surface area contributed by atoms with Crippen molar-refractivity contribution in [1.29, 1.82) is 0 Å². The molecular formula is C9H13NaO4S. The van der Waals surface area contributed by atoms with E-state index in [4.69, 9.17) is 4.55 Å². The summed E-state index contributed by atoms with van der Waals surface area (Å²) in [5.41, 5.74) is -1.10. The molecule has 0 aliphatic rings. The third kappa shape index (κ3) is 5.10. The summed E-state index contributed by atoms with van der Waals surface area (Å²) in [7, 11) is -4.18. The summed E-state index contributed by atoms with van der Waals surface area (Å²) < 4.78 is 29.9. The topological polar surface area (TPSA) is 74.6 Å². The van der Waals surface area contributed by atoms with Crippen LogP contribution in [0.1, 0.15) is 12.5 Å². The second-order valence-electron chi connectivity index (χ2n) is 3.37.